The number of pyridine rings is 1. The van der Waals surface area contributed by atoms with Crippen molar-refractivity contribution in [1.29, 1.82) is 0 Å². The number of benzene rings is 1. The number of phenolic OH excluding ortho intramolecular Hbond substituents is 1. The largest absolute Gasteiger partial charge is 0.506 e. The van der Waals surface area contributed by atoms with Gasteiger partial charge < -0.3 is 5.11 Å². The van der Waals surface area contributed by atoms with Gasteiger partial charge in [0.15, 0.2) is 0 Å². The van der Waals surface area contributed by atoms with Crippen LogP contribution in [0.3, 0.4) is 0 Å². The van der Waals surface area contributed by atoms with Crippen molar-refractivity contribution in [3.8, 4) is 5.75 Å². The summed E-state index contributed by atoms with van der Waals surface area (Å²) in [5.41, 5.74) is 0.986. The van der Waals surface area contributed by atoms with E-state index in [-0.39, 0.29) is 23.0 Å². The van der Waals surface area contributed by atoms with Gasteiger partial charge in [-0.15, -0.1) is 0 Å². The number of fused-ring (bicyclic) bond motifs is 1. The maximum Gasteiger partial charge on any atom is 0.276 e. The number of para-hydroxylation sites is 1. The molecule has 0 atom stereocenters. The number of aromatic nitrogens is 3. The standard InChI is InChI=1S/C15H14N4O3S/c20-13-6-3-4-11-10-17-15(19-14(11)13)23(21,22)18-9-7-12-5-1-2-8-16-12/h1-6,8,10,18,20H,7,9H2. The first-order chi connectivity index (χ1) is 11.1. The second-order valence-corrected chi connectivity index (χ2v) is 6.50. The summed E-state index contributed by atoms with van der Waals surface area (Å²) < 4.78 is 26.9. The van der Waals surface area contributed by atoms with Crippen LogP contribution in [0.2, 0.25) is 0 Å². The van der Waals surface area contributed by atoms with Crippen LogP contribution >= 0.6 is 0 Å². The number of nitrogens with zero attached hydrogens (tertiary/aromatic N) is 3. The Morgan fingerprint density at radius 3 is 2.74 bits per heavy atom. The molecular weight excluding hydrogens is 316 g/mol. The number of nitrogens with one attached hydrogen (secondary N) is 1. The minimum atomic E-state index is -3.85. The Hall–Kier alpha value is -2.58. The normalized spacial score (nSPS) is 11.7. The maximum atomic E-state index is 12.2. The van der Waals surface area contributed by atoms with Gasteiger partial charge in [0.05, 0.1) is 0 Å². The van der Waals surface area contributed by atoms with Crippen LogP contribution < -0.4 is 4.72 Å². The maximum absolute atomic E-state index is 12.2. The molecule has 0 bridgehead atoms. The zero-order valence-corrected chi connectivity index (χ0v) is 12.9. The smallest absolute Gasteiger partial charge is 0.276 e. The fraction of sp³-hybridized carbons (Fsp3) is 0.133. The summed E-state index contributed by atoms with van der Waals surface area (Å²) in [5.74, 6) is -0.0881. The summed E-state index contributed by atoms with van der Waals surface area (Å²) in [7, 11) is -3.85. The Bertz CT molecular complexity index is 930. The van der Waals surface area contributed by atoms with Gasteiger partial charge in [-0.25, -0.2) is 23.1 Å². The Kier molecular flexibility index (Phi) is 4.18. The van der Waals surface area contributed by atoms with Gasteiger partial charge in [-0.05, 0) is 18.2 Å². The van der Waals surface area contributed by atoms with Crippen LogP contribution in [0.4, 0.5) is 0 Å². The molecule has 2 N–H and O–H groups in total. The van der Waals surface area contributed by atoms with E-state index in [4.69, 9.17) is 0 Å². The fourth-order valence-electron chi connectivity index (χ4n) is 2.08. The first kappa shape index (κ1) is 15.3. The van der Waals surface area contributed by atoms with E-state index in [0.29, 0.717) is 11.8 Å². The van der Waals surface area contributed by atoms with Gasteiger partial charge in [0.1, 0.15) is 11.3 Å². The highest BCUT2D eigenvalue weighted by Gasteiger charge is 2.18. The van der Waals surface area contributed by atoms with Gasteiger partial charge >= 0.3 is 0 Å². The SMILES string of the molecule is O=S(=O)(NCCc1ccccn1)c1ncc2cccc(O)c2n1. The van der Waals surface area contributed by atoms with E-state index in [1.807, 2.05) is 12.1 Å². The van der Waals surface area contributed by atoms with Crippen LogP contribution in [0, 0.1) is 0 Å². The summed E-state index contributed by atoms with van der Waals surface area (Å²) in [6, 6.07) is 10.2. The number of hydrogen-bond donors (Lipinski definition) is 2. The molecule has 0 unspecified atom stereocenters. The first-order valence-electron chi connectivity index (χ1n) is 6.90. The lowest BCUT2D eigenvalue weighted by molar-refractivity contribution is 0.479. The molecule has 0 aliphatic carbocycles. The van der Waals surface area contributed by atoms with Crippen molar-refractivity contribution >= 4 is 20.9 Å². The lowest BCUT2D eigenvalue weighted by Crippen LogP contribution is -2.27. The summed E-state index contributed by atoms with van der Waals surface area (Å²) in [6.07, 6.45) is 3.48. The number of sulfonamides is 1. The van der Waals surface area contributed by atoms with Crippen LogP contribution in [0.5, 0.6) is 5.75 Å². The van der Waals surface area contributed by atoms with Crippen molar-refractivity contribution in [1.82, 2.24) is 19.7 Å². The van der Waals surface area contributed by atoms with E-state index in [2.05, 4.69) is 19.7 Å². The number of rotatable bonds is 5. The van der Waals surface area contributed by atoms with E-state index in [0.717, 1.165) is 5.69 Å². The van der Waals surface area contributed by atoms with Crippen LogP contribution in [0.1, 0.15) is 5.69 Å². The van der Waals surface area contributed by atoms with Crippen LogP contribution in [-0.4, -0.2) is 35.0 Å². The van der Waals surface area contributed by atoms with Crippen molar-refractivity contribution < 1.29 is 13.5 Å². The molecule has 3 rings (SSSR count). The van der Waals surface area contributed by atoms with E-state index in [1.54, 1.807) is 24.4 Å². The summed E-state index contributed by atoms with van der Waals surface area (Å²) in [4.78, 5) is 11.9. The molecule has 118 valence electrons. The third-order valence-corrected chi connectivity index (χ3v) is 4.47. The highest BCUT2D eigenvalue weighted by molar-refractivity contribution is 7.89. The third kappa shape index (κ3) is 3.43. The molecule has 0 amide bonds. The highest BCUT2D eigenvalue weighted by Crippen LogP contribution is 2.22. The molecule has 0 saturated heterocycles. The van der Waals surface area contributed by atoms with Crippen molar-refractivity contribution in [2.45, 2.75) is 11.6 Å². The average molecular weight is 330 g/mol. The summed E-state index contributed by atoms with van der Waals surface area (Å²) >= 11 is 0. The van der Waals surface area contributed by atoms with Gasteiger partial charge in [0.2, 0.25) is 0 Å². The van der Waals surface area contributed by atoms with Gasteiger partial charge in [0, 0.05) is 36.4 Å². The van der Waals surface area contributed by atoms with Crippen molar-refractivity contribution in [3.05, 3.63) is 54.5 Å². The van der Waals surface area contributed by atoms with Crippen molar-refractivity contribution in [3.63, 3.8) is 0 Å². The Labute approximate surface area is 133 Å². The topological polar surface area (TPSA) is 105 Å². The Morgan fingerprint density at radius 2 is 1.96 bits per heavy atom. The summed E-state index contributed by atoms with van der Waals surface area (Å²) in [5, 5.41) is 9.97. The molecule has 7 nitrogen and oxygen atoms in total. The molecule has 2 heterocycles. The Morgan fingerprint density at radius 1 is 1.09 bits per heavy atom. The molecule has 1 aromatic carbocycles. The van der Waals surface area contributed by atoms with Crippen LogP contribution in [0.15, 0.2) is 53.9 Å². The number of phenols is 1. The van der Waals surface area contributed by atoms with Gasteiger partial charge in [-0.2, -0.15) is 0 Å². The molecule has 0 saturated carbocycles. The van der Waals surface area contributed by atoms with Gasteiger partial charge in [-0.3, -0.25) is 4.98 Å². The molecule has 0 radical (unpaired) electrons. The highest BCUT2D eigenvalue weighted by atomic mass is 32.2. The Balaban J connectivity index is 1.78. The van der Waals surface area contributed by atoms with Gasteiger partial charge in [0.25, 0.3) is 15.2 Å². The molecule has 8 heteroatoms. The van der Waals surface area contributed by atoms with Crippen molar-refractivity contribution in [2.75, 3.05) is 6.54 Å². The molecule has 2 aromatic heterocycles. The molecule has 0 fully saturated rings. The predicted octanol–water partition coefficient (Wildman–Crippen LogP) is 1.25. The molecule has 0 aliphatic rings. The van der Waals surface area contributed by atoms with E-state index in [1.165, 1.54) is 12.3 Å². The minimum Gasteiger partial charge on any atom is -0.506 e. The van der Waals surface area contributed by atoms with E-state index < -0.39 is 10.0 Å². The summed E-state index contributed by atoms with van der Waals surface area (Å²) in [6.45, 7) is 0.182. The fourth-order valence-corrected chi connectivity index (χ4v) is 2.98. The lowest BCUT2D eigenvalue weighted by Gasteiger charge is -2.06. The molecular formula is C15H14N4O3S. The van der Waals surface area contributed by atoms with Crippen LogP contribution in [0.25, 0.3) is 10.9 Å². The number of aromatic hydroxyl groups is 1. The van der Waals surface area contributed by atoms with E-state index >= 15 is 0 Å². The predicted molar refractivity (Wildman–Crippen MR) is 84.3 cm³/mol. The van der Waals surface area contributed by atoms with Crippen molar-refractivity contribution in [2.24, 2.45) is 0 Å². The first-order valence-corrected chi connectivity index (χ1v) is 8.39. The lowest BCUT2D eigenvalue weighted by atomic mass is 10.2. The number of hydrogen-bond acceptors (Lipinski definition) is 6. The third-order valence-electron chi connectivity index (χ3n) is 3.21. The molecule has 0 spiro atoms. The second kappa shape index (κ2) is 6.27. The van der Waals surface area contributed by atoms with E-state index in [9.17, 15) is 13.5 Å². The molecule has 3 aromatic rings. The second-order valence-electron chi connectivity index (χ2n) is 4.84. The zero-order valence-electron chi connectivity index (χ0n) is 12.0. The average Bonchev–Trinajstić information content (AvgIpc) is 2.56. The minimum absolute atomic E-state index is 0.0881. The van der Waals surface area contributed by atoms with Crippen LogP contribution in [-0.2, 0) is 16.4 Å². The van der Waals surface area contributed by atoms with Gasteiger partial charge in [-0.1, -0.05) is 18.2 Å². The molecule has 0 aliphatic heterocycles. The monoisotopic (exact) mass is 330 g/mol. The quantitative estimate of drug-likeness (QED) is 0.682. The zero-order chi connectivity index (χ0) is 16.3. The molecule has 23 heavy (non-hydrogen) atoms.